The average Bonchev–Trinajstić information content (AvgIpc) is 2.78. The topological polar surface area (TPSA) is 70.6 Å². The standard InChI is InChI=1S/C23H27N5O2/c1-16(2)17-7-9-18(10-8-17)26-23(29)28-13-11-27(12-14-28)22-19-5-4-6-20(30-3)21(19)24-15-25-22/h4-10,15-16H,11-14H2,1-3H3,(H,26,29). The smallest absolute Gasteiger partial charge is 0.321 e. The van der Waals surface area contributed by atoms with Gasteiger partial charge in [0.2, 0.25) is 0 Å². The molecule has 156 valence electrons. The van der Waals surface area contributed by atoms with E-state index in [-0.39, 0.29) is 6.03 Å². The number of hydrogen-bond donors (Lipinski definition) is 1. The Morgan fingerprint density at radius 1 is 1.03 bits per heavy atom. The third-order valence-electron chi connectivity index (χ3n) is 5.52. The number of piperazine rings is 1. The monoisotopic (exact) mass is 405 g/mol. The fraction of sp³-hybridized carbons (Fsp3) is 0.348. The number of fused-ring (bicyclic) bond motifs is 1. The van der Waals surface area contributed by atoms with Crippen molar-refractivity contribution in [2.45, 2.75) is 19.8 Å². The first-order valence-electron chi connectivity index (χ1n) is 10.3. The number of carbonyl (C=O) groups is 1. The molecular weight excluding hydrogens is 378 g/mol. The number of anilines is 2. The summed E-state index contributed by atoms with van der Waals surface area (Å²) in [6.07, 6.45) is 1.57. The Hall–Kier alpha value is -3.35. The van der Waals surface area contributed by atoms with Gasteiger partial charge in [-0.15, -0.1) is 0 Å². The first kappa shape index (κ1) is 19.9. The highest BCUT2D eigenvalue weighted by Gasteiger charge is 2.23. The maximum Gasteiger partial charge on any atom is 0.321 e. The Labute approximate surface area is 176 Å². The second-order valence-corrected chi connectivity index (χ2v) is 7.73. The molecule has 1 N–H and O–H groups in total. The van der Waals surface area contributed by atoms with Crippen molar-refractivity contribution >= 4 is 28.4 Å². The van der Waals surface area contributed by atoms with E-state index in [2.05, 4.69) is 46.2 Å². The molecule has 1 aromatic heterocycles. The van der Waals surface area contributed by atoms with Crippen molar-refractivity contribution in [3.05, 3.63) is 54.4 Å². The number of ether oxygens (including phenoxy) is 1. The van der Waals surface area contributed by atoms with E-state index in [1.165, 1.54) is 5.56 Å². The Morgan fingerprint density at radius 2 is 1.77 bits per heavy atom. The molecule has 4 rings (SSSR count). The van der Waals surface area contributed by atoms with Gasteiger partial charge in [-0.3, -0.25) is 0 Å². The highest BCUT2D eigenvalue weighted by atomic mass is 16.5. The molecule has 2 amide bonds. The molecule has 2 heterocycles. The number of nitrogens with zero attached hydrogens (tertiary/aromatic N) is 4. The van der Waals surface area contributed by atoms with Crippen LogP contribution in [0.15, 0.2) is 48.8 Å². The molecule has 1 aliphatic rings. The molecule has 7 nitrogen and oxygen atoms in total. The molecule has 7 heteroatoms. The van der Waals surface area contributed by atoms with Gasteiger partial charge in [0.1, 0.15) is 23.4 Å². The molecule has 0 spiro atoms. The van der Waals surface area contributed by atoms with E-state index in [1.54, 1.807) is 13.4 Å². The Morgan fingerprint density at radius 3 is 2.43 bits per heavy atom. The fourth-order valence-corrected chi connectivity index (χ4v) is 3.74. The van der Waals surface area contributed by atoms with Crippen LogP contribution in [0.25, 0.3) is 10.9 Å². The summed E-state index contributed by atoms with van der Waals surface area (Å²) in [5.41, 5.74) is 2.88. The second kappa shape index (κ2) is 8.57. The lowest BCUT2D eigenvalue weighted by Crippen LogP contribution is -2.50. The van der Waals surface area contributed by atoms with Crippen molar-refractivity contribution in [1.82, 2.24) is 14.9 Å². The Kier molecular flexibility index (Phi) is 5.70. The number of para-hydroxylation sites is 1. The average molecular weight is 406 g/mol. The van der Waals surface area contributed by atoms with Crippen LogP contribution in [0.1, 0.15) is 25.3 Å². The van der Waals surface area contributed by atoms with Gasteiger partial charge in [-0.2, -0.15) is 0 Å². The summed E-state index contributed by atoms with van der Waals surface area (Å²) in [6.45, 7) is 7.00. The maximum atomic E-state index is 12.7. The molecule has 0 saturated carbocycles. The lowest BCUT2D eigenvalue weighted by molar-refractivity contribution is 0.208. The quantitative estimate of drug-likeness (QED) is 0.707. The van der Waals surface area contributed by atoms with Crippen molar-refractivity contribution in [2.75, 3.05) is 43.5 Å². The lowest BCUT2D eigenvalue weighted by Gasteiger charge is -2.35. The van der Waals surface area contributed by atoms with E-state index >= 15 is 0 Å². The predicted molar refractivity (Wildman–Crippen MR) is 119 cm³/mol. The normalized spacial score (nSPS) is 14.3. The number of aromatic nitrogens is 2. The molecule has 0 atom stereocenters. The van der Waals surface area contributed by atoms with Crippen LogP contribution in [0.4, 0.5) is 16.3 Å². The van der Waals surface area contributed by atoms with Crippen LogP contribution in [0, 0.1) is 0 Å². The van der Waals surface area contributed by atoms with Crippen molar-refractivity contribution < 1.29 is 9.53 Å². The van der Waals surface area contributed by atoms with Crippen molar-refractivity contribution in [2.24, 2.45) is 0 Å². The minimum atomic E-state index is -0.0684. The van der Waals surface area contributed by atoms with Crippen LogP contribution >= 0.6 is 0 Å². The third-order valence-corrected chi connectivity index (χ3v) is 5.52. The van der Waals surface area contributed by atoms with Crippen molar-refractivity contribution in [3.63, 3.8) is 0 Å². The molecule has 2 aromatic carbocycles. The zero-order valence-corrected chi connectivity index (χ0v) is 17.6. The molecule has 0 bridgehead atoms. The minimum absolute atomic E-state index is 0.0684. The Balaban J connectivity index is 1.41. The first-order chi connectivity index (χ1) is 14.6. The summed E-state index contributed by atoms with van der Waals surface area (Å²) in [7, 11) is 1.64. The van der Waals surface area contributed by atoms with Crippen LogP contribution in [0.3, 0.4) is 0 Å². The third kappa shape index (κ3) is 4.01. The maximum absolute atomic E-state index is 12.7. The van der Waals surface area contributed by atoms with Gasteiger partial charge >= 0.3 is 6.03 Å². The molecule has 0 radical (unpaired) electrons. The highest BCUT2D eigenvalue weighted by molar-refractivity contribution is 5.93. The molecule has 1 aliphatic heterocycles. The van der Waals surface area contributed by atoms with Crippen LogP contribution < -0.4 is 15.0 Å². The predicted octanol–water partition coefficient (Wildman–Crippen LogP) is 4.12. The van der Waals surface area contributed by atoms with Gasteiger partial charge in [-0.1, -0.05) is 32.0 Å². The van der Waals surface area contributed by atoms with E-state index in [1.807, 2.05) is 35.2 Å². The minimum Gasteiger partial charge on any atom is -0.494 e. The number of amides is 2. The number of methoxy groups -OCH3 is 1. The summed E-state index contributed by atoms with van der Waals surface area (Å²) >= 11 is 0. The number of nitrogens with one attached hydrogen (secondary N) is 1. The van der Waals surface area contributed by atoms with E-state index in [9.17, 15) is 4.79 Å². The summed E-state index contributed by atoms with van der Waals surface area (Å²) in [5, 5.41) is 3.96. The molecule has 1 saturated heterocycles. The van der Waals surface area contributed by atoms with Crippen LogP contribution in [0.5, 0.6) is 5.75 Å². The van der Waals surface area contributed by atoms with Gasteiger partial charge < -0.3 is 19.9 Å². The van der Waals surface area contributed by atoms with Gasteiger partial charge in [0.25, 0.3) is 0 Å². The lowest BCUT2D eigenvalue weighted by atomic mass is 10.0. The number of rotatable bonds is 4. The molecule has 1 fully saturated rings. The zero-order chi connectivity index (χ0) is 21.1. The highest BCUT2D eigenvalue weighted by Crippen LogP contribution is 2.29. The van der Waals surface area contributed by atoms with Gasteiger partial charge in [0, 0.05) is 37.3 Å². The SMILES string of the molecule is COc1cccc2c(N3CCN(C(=O)Nc4ccc(C(C)C)cc4)CC3)ncnc12. The van der Waals surface area contributed by atoms with Gasteiger partial charge in [-0.25, -0.2) is 14.8 Å². The Bertz CT molecular complexity index is 1030. The van der Waals surface area contributed by atoms with Gasteiger partial charge in [0.05, 0.1) is 7.11 Å². The van der Waals surface area contributed by atoms with Gasteiger partial charge in [0.15, 0.2) is 0 Å². The number of hydrogen-bond acceptors (Lipinski definition) is 5. The fourth-order valence-electron chi connectivity index (χ4n) is 3.74. The summed E-state index contributed by atoms with van der Waals surface area (Å²) < 4.78 is 5.43. The summed E-state index contributed by atoms with van der Waals surface area (Å²) in [4.78, 5) is 25.6. The van der Waals surface area contributed by atoms with Crippen LogP contribution in [-0.4, -0.2) is 54.2 Å². The van der Waals surface area contributed by atoms with E-state index < -0.39 is 0 Å². The molecule has 0 unspecified atom stereocenters. The molecule has 3 aromatic rings. The zero-order valence-electron chi connectivity index (χ0n) is 17.6. The van der Waals surface area contributed by atoms with Crippen LogP contribution in [-0.2, 0) is 0 Å². The van der Waals surface area contributed by atoms with Gasteiger partial charge in [-0.05, 0) is 35.7 Å². The summed E-state index contributed by atoms with van der Waals surface area (Å²) in [5.74, 6) is 2.08. The van der Waals surface area contributed by atoms with Crippen LogP contribution in [0.2, 0.25) is 0 Å². The van der Waals surface area contributed by atoms with E-state index in [0.717, 1.165) is 28.2 Å². The molecular formula is C23H27N5O2. The number of benzene rings is 2. The largest absolute Gasteiger partial charge is 0.494 e. The van der Waals surface area contributed by atoms with E-state index in [4.69, 9.17) is 4.74 Å². The molecule has 30 heavy (non-hydrogen) atoms. The number of urea groups is 1. The molecule has 0 aliphatic carbocycles. The van der Waals surface area contributed by atoms with Crippen molar-refractivity contribution in [1.29, 1.82) is 0 Å². The van der Waals surface area contributed by atoms with E-state index in [0.29, 0.717) is 32.1 Å². The second-order valence-electron chi connectivity index (χ2n) is 7.73. The summed E-state index contributed by atoms with van der Waals surface area (Å²) in [6, 6.07) is 13.8. The first-order valence-corrected chi connectivity index (χ1v) is 10.3. The van der Waals surface area contributed by atoms with Crippen molar-refractivity contribution in [3.8, 4) is 5.75 Å². The number of carbonyl (C=O) groups excluding carboxylic acids is 1.